The molecule has 1 aromatic heterocycles. The van der Waals surface area contributed by atoms with Crippen LogP contribution in [0, 0.1) is 17.7 Å². The predicted molar refractivity (Wildman–Crippen MR) is 88.5 cm³/mol. The number of hydrogen-bond donors (Lipinski definition) is 0. The number of hydrogen-bond acceptors (Lipinski definition) is 1. The van der Waals surface area contributed by atoms with Crippen molar-refractivity contribution in [1.29, 1.82) is 0 Å². The van der Waals surface area contributed by atoms with Crippen molar-refractivity contribution in [1.82, 2.24) is 4.98 Å². The number of benzene rings is 1. The van der Waals surface area contributed by atoms with Crippen molar-refractivity contribution in [2.45, 2.75) is 38.5 Å². The van der Waals surface area contributed by atoms with Crippen molar-refractivity contribution in [2.75, 3.05) is 0 Å². The molecule has 0 spiro atoms. The zero-order chi connectivity index (χ0) is 15.4. The van der Waals surface area contributed by atoms with Crippen LogP contribution >= 0.6 is 11.6 Å². The molecular weight excluding hydrogens is 297 g/mol. The molecule has 0 radical (unpaired) electrons. The lowest BCUT2D eigenvalue weighted by atomic mass is 9.77. The minimum absolute atomic E-state index is 0.228. The van der Waals surface area contributed by atoms with E-state index in [2.05, 4.69) is 17.1 Å². The van der Waals surface area contributed by atoms with Gasteiger partial charge in [-0.25, -0.2) is 4.39 Å². The van der Waals surface area contributed by atoms with Crippen LogP contribution in [0.1, 0.15) is 36.8 Å². The Morgan fingerprint density at radius 1 is 0.909 bits per heavy atom. The summed E-state index contributed by atoms with van der Waals surface area (Å²) >= 11 is 5.93. The minimum Gasteiger partial charge on any atom is -0.261 e. The van der Waals surface area contributed by atoms with Gasteiger partial charge in [0, 0.05) is 11.2 Å². The van der Waals surface area contributed by atoms with E-state index in [1.54, 1.807) is 12.3 Å². The molecule has 0 amide bonds. The molecule has 1 fully saturated rings. The van der Waals surface area contributed by atoms with Gasteiger partial charge in [-0.2, -0.15) is 0 Å². The van der Waals surface area contributed by atoms with E-state index in [9.17, 15) is 4.39 Å². The third-order valence-corrected chi connectivity index (χ3v) is 4.94. The van der Waals surface area contributed by atoms with E-state index in [0.717, 1.165) is 29.3 Å². The first-order valence-corrected chi connectivity index (χ1v) is 8.40. The van der Waals surface area contributed by atoms with Crippen molar-refractivity contribution in [3.63, 3.8) is 0 Å². The van der Waals surface area contributed by atoms with Crippen LogP contribution < -0.4 is 0 Å². The SMILES string of the molecule is Fc1cncc(CC2CCC(Cc3ccc(Cl)cc3)CC2)c1. The third-order valence-electron chi connectivity index (χ3n) is 4.69. The molecule has 1 nitrogen and oxygen atoms in total. The van der Waals surface area contributed by atoms with Crippen molar-refractivity contribution >= 4 is 11.6 Å². The third kappa shape index (κ3) is 4.30. The average molecular weight is 318 g/mol. The molecule has 1 heterocycles. The number of halogens is 2. The Bertz CT molecular complexity index is 603. The molecule has 0 unspecified atom stereocenters. The first-order valence-electron chi connectivity index (χ1n) is 8.03. The maximum Gasteiger partial charge on any atom is 0.141 e. The summed E-state index contributed by atoms with van der Waals surface area (Å²) < 4.78 is 13.2. The van der Waals surface area contributed by atoms with Crippen LogP contribution in [-0.2, 0) is 12.8 Å². The predicted octanol–water partition coefficient (Wildman–Crippen LogP) is 5.47. The Labute approximate surface area is 136 Å². The fourth-order valence-electron chi connectivity index (χ4n) is 3.49. The molecule has 1 aromatic carbocycles. The highest BCUT2D eigenvalue weighted by atomic mass is 35.5. The monoisotopic (exact) mass is 317 g/mol. The van der Waals surface area contributed by atoms with Crippen molar-refractivity contribution < 1.29 is 4.39 Å². The molecule has 0 N–H and O–H groups in total. The Kier molecular flexibility index (Phi) is 5.09. The first-order chi connectivity index (χ1) is 10.7. The van der Waals surface area contributed by atoms with Crippen molar-refractivity contribution in [3.05, 3.63) is 64.7 Å². The standard InChI is InChI=1S/C19H21ClFN/c20-18-7-5-16(6-8-18)9-14-1-3-15(4-2-14)10-17-11-19(21)13-22-12-17/h5-8,11-15H,1-4,9-10H2. The molecule has 0 saturated heterocycles. The van der Waals surface area contributed by atoms with Crippen LogP contribution in [0.2, 0.25) is 5.02 Å². The molecule has 3 heteroatoms. The molecule has 116 valence electrons. The number of pyridine rings is 1. The summed E-state index contributed by atoms with van der Waals surface area (Å²) in [5.74, 6) is 1.21. The zero-order valence-corrected chi connectivity index (χ0v) is 13.4. The van der Waals surface area contributed by atoms with E-state index in [-0.39, 0.29) is 5.82 Å². The molecule has 2 aromatic rings. The molecule has 1 aliphatic carbocycles. The fraction of sp³-hybridized carbons (Fsp3) is 0.421. The van der Waals surface area contributed by atoms with E-state index in [4.69, 9.17) is 11.6 Å². The molecule has 0 atom stereocenters. The van der Waals surface area contributed by atoms with E-state index in [0.29, 0.717) is 5.92 Å². The Morgan fingerprint density at radius 3 is 2.09 bits per heavy atom. The molecule has 22 heavy (non-hydrogen) atoms. The highest BCUT2D eigenvalue weighted by molar-refractivity contribution is 6.30. The number of aromatic nitrogens is 1. The Balaban J connectivity index is 1.49. The average Bonchev–Trinajstić information content (AvgIpc) is 2.52. The van der Waals surface area contributed by atoms with Gasteiger partial charge in [-0.05, 0) is 79.7 Å². The summed E-state index contributed by atoms with van der Waals surface area (Å²) in [4.78, 5) is 3.94. The topological polar surface area (TPSA) is 12.9 Å². The van der Waals surface area contributed by atoms with Crippen LogP contribution in [0.3, 0.4) is 0 Å². The van der Waals surface area contributed by atoms with Gasteiger partial charge in [0.2, 0.25) is 0 Å². The van der Waals surface area contributed by atoms with E-state index in [1.165, 1.54) is 37.4 Å². The molecule has 0 bridgehead atoms. The lowest BCUT2D eigenvalue weighted by molar-refractivity contribution is 0.272. The molecular formula is C19H21ClFN. The minimum atomic E-state index is -0.228. The first kappa shape index (κ1) is 15.5. The Hall–Kier alpha value is -1.41. The smallest absolute Gasteiger partial charge is 0.141 e. The van der Waals surface area contributed by atoms with E-state index < -0.39 is 0 Å². The molecule has 0 aliphatic heterocycles. The van der Waals surface area contributed by atoms with Gasteiger partial charge in [0.05, 0.1) is 6.20 Å². The lowest BCUT2D eigenvalue weighted by Crippen LogP contribution is -2.18. The summed E-state index contributed by atoms with van der Waals surface area (Å²) in [6, 6.07) is 9.82. The highest BCUT2D eigenvalue weighted by Crippen LogP contribution is 2.33. The zero-order valence-electron chi connectivity index (χ0n) is 12.6. The van der Waals surface area contributed by atoms with Gasteiger partial charge in [0.25, 0.3) is 0 Å². The number of nitrogens with zero attached hydrogens (tertiary/aromatic N) is 1. The summed E-state index contributed by atoms with van der Waals surface area (Å²) in [6.45, 7) is 0. The normalized spacial score (nSPS) is 21.7. The highest BCUT2D eigenvalue weighted by Gasteiger charge is 2.21. The Morgan fingerprint density at radius 2 is 1.50 bits per heavy atom. The van der Waals surface area contributed by atoms with E-state index in [1.807, 2.05) is 12.1 Å². The summed E-state index contributed by atoms with van der Waals surface area (Å²) in [5, 5.41) is 0.802. The second-order valence-electron chi connectivity index (χ2n) is 6.43. The summed E-state index contributed by atoms with van der Waals surface area (Å²) in [6.07, 6.45) is 10.1. The van der Waals surface area contributed by atoms with E-state index >= 15 is 0 Å². The van der Waals surface area contributed by atoms with Gasteiger partial charge < -0.3 is 0 Å². The van der Waals surface area contributed by atoms with Gasteiger partial charge in [0.15, 0.2) is 0 Å². The maximum absolute atomic E-state index is 13.2. The number of rotatable bonds is 4. The van der Waals surface area contributed by atoms with Gasteiger partial charge in [0.1, 0.15) is 5.82 Å². The summed E-state index contributed by atoms with van der Waals surface area (Å²) in [5.41, 5.74) is 2.41. The second-order valence-corrected chi connectivity index (χ2v) is 6.87. The second kappa shape index (κ2) is 7.23. The quantitative estimate of drug-likeness (QED) is 0.729. The van der Waals surface area contributed by atoms with Gasteiger partial charge in [-0.15, -0.1) is 0 Å². The largest absolute Gasteiger partial charge is 0.261 e. The molecule has 1 aliphatic rings. The van der Waals surface area contributed by atoms with Gasteiger partial charge in [-0.3, -0.25) is 4.98 Å². The lowest BCUT2D eigenvalue weighted by Gasteiger charge is -2.28. The summed E-state index contributed by atoms with van der Waals surface area (Å²) in [7, 11) is 0. The van der Waals surface area contributed by atoms with Crippen molar-refractivity contribution in [2.24, 2.45) is 11.8 Å². The van der Waals surface area contributed by atoms with Crippen LogP contribution in [-0.4, -0.2) is 4.98 Å². The van der Waals surface area contributed by atoms with Crippen LogP contribution in [0.25, 0.3) is 0 Å². The fourth-order valence-corrected chi connectivity index (χ4v) is 3.62. The van der Waals surface area contributed by atoms with Gasteiger partial charge in [-0.1, -0.05) is 23.7 Å². The molecule has 3 rings (SSSR count). The van der Waals surface area contributed by atoms with Crippen molar-refractivity contribution in [3.8, 4) is 0 Å². The van der Waals surface area contributed by atoms with Crippen LogP contribution in [0.5, 0.6) is 0 Å². The van der Waals surface area contributed by atoms with Crippen LogP contribution in [0.4, 0.5) is 4.39 Å². The van der Waals surface area contributed by atoms with Gasteiger partial charge >= 0.3 is 0 Å². The maximum atomic E-state index is 13.2. The molecule has 1 saturated carbocycles. The van der Waals surface area contributed by atoms with Crippen LogP contribution in [0.15, 0.2) is 42.7 Å².